The minimum Gasteiger partial charge on any atom is -0.482 e. The van der Waals surface area contributed by atoms with Gasteiger partial charge in [-0.15, -0.1) is 0 Å². The van der Waals surface area contributed by atoms with Gasteiger partial charge in [-0.05, 0) is 55.1 Å². The van der Waals surface area contributed by atoms with E-state index in [-0.39, 0.29) is 18.2 Å². The monoisotopic (exact) mass is 367 g/mol. The molecule has 1 aliphatic heterocycles. The first-order valence-corrected chi connectivity index (χ1v) is 9.47. The van der Waals surface area contributed by atoms with Crippen LogP contribution in [0, 0.1) is 11.3 Å². The second-order valence-electron chi connectivity index (χ2n) is 7.16. The third-order valence-electron chi connectivity index (χ3n) is 5.41. The lowest BCUT2D eigenvalue weighted by Crippen LogP contribution is -2.49. The molecule has 2 aliphatic rings. The van der Waals surface area contributed by atoms with E-state index in [9.17, 15) is 0 Å². The Morgan fingerprint density at radius 3 is 2.85 bits per heavy atom. The van der Waals surface area contributed by atoms with Crippen LogP contribution in [0.25, 0.3) is 0 Å². The number of nitrogens with two attached hydrogens (primary N) is 1. The van der Waals surface area contributed by atoms with Crippen LogP contribution in [0.3, 0.4) is 0 Å². The summed E-state index contributed by atoms with van der Waals surface area (Å²) in [5, 5.41) is 9.51. The maximum absolute atomic E-state index is 9.04. The van der Waals surface area contributed by atoms with Crippen molar-refractivity contribution in [1.29, 1.82) is 5.26 Å². The Kier molecular flexibility index (Phi) is 4.86. The Balaban J connectivity index is 1.64. The zero-order valence-electron chi connectivity index (χ0n) is 14.6. The summed E-state index contributed by atoms with van der Waals surface area (Å²) in [6.07, 6.45) is 3.09. The Morgan fingerprint density at radius 2 is 2.08 bits per heavy atom. The summed E-state index contributed by atoms with van der Waals surface area (Å²) >= 11 is 6.36. The molecule has 1 heterocycles. The molecule has 0 unspecified atom stereocenters. The average Bonchev–Trinajstić information content (AvgIpc) is 3.02. The average molecular weight is 368 g/mol. The summed E-state index contributed by atoms with van der Waals surface area (Å²) in [7, 11) is 0. The van der Waals surface area contributed by atoms with Crippen molar-refractivity contribution in [1.82, 2.24) is 4.90 Å². The minimum atomic E-state index is -0.0815. The highest BCUT2D eigenvalue weighted by molar-refractivity contribution is 6.32. The molecule has 0 radical (unpaired) electrons. The number of ether oxygens (including phenoxy) is 1. The van der Waals surface area contributed by atoms with Gasteiger partial charge in [-0.3, -0.25) is 4.90 Å². The standard InChI is InChI=1S/C21H22ClN3O/c22-18-10-14(12-23)7-8-20(18)26-21-17-6-2-1-4-15(17)11-19(21)25-9-3-5-16(24)13-25/h1-2,4,6-8,10,16,19,21H,3,5,9,11,13,24H2/t16-,19-,21-/m1/s1. The Hall–Kier alpha value is -2.06. The van der Waals surface area contributed by atoms with Crippen LogP contribution in [-0.4, -0.2) is 30.1 Å². The summed E-state index contributed by atoms with van der Waals surface area (Å²) in [6, 6.07) is 16.2. The SMILES string of the molecule is N#Cc1ccc(O[C@@H]2c3ccccc3C[C@H]2N2CCC[C@@H](N)C2)c(Cl)c1. The molecular weight excluding hydrogens is 346 g/mol. The second kappa shape index (κ2) is 7.28. The maximum Gasteiger partial charge on any atom is 0.140 e. The van der Waals surface area contributed by atoms with E-state index < -0.39 is 0 Å². The molecule has 5 heteroatoms. The number of nitrogens with zero attached hydrogens (tertiary/aromatic N) is 2. The van der Waals surface area contributed by atoms with E-state index in [1.165, 1.54) is 11.1 Å². The molecule has 1 saturated heterocycles. The van der Waals surface area contributed by atoms with E-state index in [4.69, 9.17) is 27.3 Å². The first kappa shape index (κ1) is 17.4. The van der Waals surface area contributed by atoms with Gasteiger partial charge in [0.05, 0.1) is 22.7 Å². The van der Waals surface area contributed by atoms with Crippen LogP contribution >= 0.6 is 11.6 Å². The molecule has 134 valence electrons. The van der Waals surface area contributed by atoms with E-state index in [1.807, 2.05) is 0 Å². The van der Waals surface area contributed by atoms with Crippen molar-refractivity contribution in [2.45, 2.75) is 37.5 Å². The van der Waals surface area contributed by atoms with Crippen LogP contribution in [0.15, 0.2) is 42.5 Å². The molecule has 2 N–H and O–H groups in total. The van der Waals surface area contributed by atoms with Gasteiger partial charge in [0.15, 0.2) is 0 Å². The predicted octanol–water partition coefficient (Wildman–Crippen LogP) is 3.68. The van der Waals surface area contributed by atoms with E-state index in [0.29, 0.717) is 16.3 Å². The molecule has 0 saturated carbocycles. The molecule has 0 bridgehead atoms. The highest BCUT2D eigenvalue weighted by atomic mass is 35.5. The fourth-order valence-corrected chi connectivity index (χ4v) is 4.37. The van der Waals surface area contributed by atoms with Gasteiger partial charge in [0.1, 0.15) is 11.9 Å². The number of piperidine rings is 1. The molecule has 1 aliphatic carbocycles. The van der Waals surface area contributed by atoms with Crippen molar-refractivity contribution < 1.29 is 4.74 Å². The van der Waals surface area contributed by atoms with Crippen LogP contribution in [0.2, 0.25) is 5.02 Å². The van der Waals surface area contributed by atoms with Gasteiger partial charge in [-0.1, -0.05) is 35.9 Å². The van der Waals surface area contributed by atoms with E-state index in [0.717, 1.165) is 32.4 Å². The number of hydrogen-bond acceptors (Lipinski definition) is 4. The Morgan fingerprint density at radius 1 is 1.23 bits per heavy atom. The number of benzene rings is 2. The highest BCUT2D eigenvalue weighted by Gasteiger charge is 2.39. The van der Waals surface area contributed by atoms with Crippen molar-refractivity contribution >= 4 is 11.6 Å². The molecule has 26 heavy (non-hydrogen) atoms. The highest BCUT2D eigenvalue weighted by Crippen LogP contribution is 2.40. The maximum atomic E-state index is 9.04. The van der Waals surface area contributed by atoms with Gasteiger partial charge in [0, 0.05) is 12.6 Å². The zero-order valence-corrected chi connectivity index (χ0v) is 15.3. The molecule has 4 rings (SSSR count). The summed E-state index contributed by atoms with van der Waals surface area (Å²) in [5.41, 5.74) is 9.30. The lowest BCUT2D eigenvalue weighted by molar-refractivity contribution is 0.0594. The minimum absolute atomic E-state index is 0.0815. The molecule has 0 aromatic heterocycles. The fourth-order valence-electron chi connectivity index (χ4n) is 4.14. The van der Waals surface area contributed by atoms with Crippen LogP contribution in [0.5, 0.6) is 5.75 Å². The largest absolute Gasteiger partial charge is 0.482 e. The molecule has 4 nitrogen and oxygen atoms in total. The molecule has 2 aromatic carbocycles. The molecule has 3 atom stereocenters. The van der Waals surface area contributed by atoms with Gasteiger partial charge in [-0.25, -0.2) is 0 Å². The van der Waals surface area contributed by atoms with Crippen LogP contribution < -0.4 is 10.5 Å². The van der Waals surface area contributed by atoms with Crippen molar-refractivity contribution in [2.24, 2.45) is 5.73 Å². The van der Waals surface area contributed by atoms with Gasteiger partial charge >= 0.3 is 0 Å². The number of nitriles is 1. The van der Waals surface area contributed by atoms with Crippen molar-refractivity contribution in [3.8, 4) is 11.8 Å². The zero-order chi connectivity index (χ0) is 18.1. The number of rotatable bonds is 3. The quantitative estimate of drug-likeness (QED) is 0.898. The third kappa shape index (κ3) is 3.31. The second-order valence-corrected chi connectivity index (χ2v) is 7.57. The van der Waals surface area contributed by atoms with Gasteiger partial charge < -0.3 is 10.5 Å². The van der Waals surface area contributed by atoms with Gasteiger partial charge in [-0.2, -0.15) is 5.26 Å². The molecule has 0 amide bonds. The normalized spacial score (nSPS) is 25.5. The van der Waals surface area contributed by atoms with Crippen molar-refractivity contribution in [3.05, 3.63) is 64.2 Å². The first-order valence-electron chi connectivity index (χ1n) is 9.09. The smallest absolute Gasteiger partial charge is 0.140 e. The van der Waals surface area contributed by atoms with Crippen LogP contribution in [-0.2, 0) is 6.42 Å². The summed E-state index contributed by atoms with van der Waals surface area (Å²) < 4.78 is 6.41. The number of fused-ring (bicyclic) bond motifs is 1. The van der Waals surface area contributed by atoms with E-state index in [2.05, 4.69) is 35.2 Å². The van der Waals surface area contributed by atoms with E-state index >= 15 is 0 Å². The van der Waals surface area contributed by atoms with Crippen LogP contribution in [0.1, 0.15) is 35.6 Å². The van der Waals surface area contributed by atoms with Gasteiger partial charge in [0.2, 0.25) is 0 Å². The predicted molar refractivity (Wildman–Crippen MR) is 102 cm³/mol. The summed E-state index contributed by atoms with van der Waals surface area (Å²) in [5.74, 6) is 0.624. The van der Waals surface area contributed by atoms with Crippen molar-refractivity contribution in [3.63, 3.8) is 0 Å². The number of halogens is 1. The topological polar surface area (TPSA) is 62.3 Å². The molecular formula is C21H22ClN3O. The lowest BCUT2D eigenvalue weighted by atomic mass is 10.0. The summed E-state index contributed by atoms with van der Waals surface area (Å²) in [4.78, 5) is 2.47. The third-order valence-corrected chi connectivity index (χ3v) is 5.71. The Bertz CT molecular complexity index is 847. The van der Waals surface area contributed by atoms with Gasteiger partial charge in [0.25, 0.3) is 0 Å². The van der Waals surface area contributed by atoms with E-state index in [1.54, 1.807) is 18.2 Å². The number of likely N-dealkylation sites (tertiary alicyclic amines) is 1. The lowest BCUT2D eigenvalue weighted by Gasteiger charge is -2.38. The van der Waals surface area contributed by atoms with Crippen LogP contribution in [0.4, 0.5) is 0 Å². The fraction of sp³-hybridized carbons (Fsp3) is 0.381. The molecule has 2 aromatic rings. The molecule has 0 spiro atoms. The molecule has 1 fully saturated rings. The first-order chi connectivity index (χ1) is 12.7. The van der Waals surface area contributed by atoms with Crippen molar-refractivity contribution in [2.75, 3.05) is 13.1 Å². The summed E-state index contributed by atoms with van der Waals surface area (Å²) in [6.45, 7) is 1.95. The number of hydrogen-bond donors (Lipinski definition) is 1. The Labute approximate surface area is 159 Å².